The first kappa shape index (κ1) is 17.1. The van der Waals surface area contributed by atoms with Crippen molar-refractivity contribution < 1.29 is 14.3 Å². The van der Waals surface area contributed by atoms with Gasteiger partial charge in [0.15, 0.2) is 11.5 Å². The lowest BCUT2D eigenvalue weighted by molar-refractivity contribution is -0.122. The van der Waals surface area contributed by atoms with Crippen LogP contribution in [0.15, 0.2) is 18.2 Å². The smallest absolute Gasteiger partial charge is 0.221 e. The molecule has 23 heavy (non-hydrogen) atoms. The van der Waals surface area contributed by atoms with E-state index in [0.717, 1.165) is 18.4 Å². The maximum atomic E-state index is 12.3. The van der Waals surface area contributed by atoms with E-state index >= 15 is 0 Å². The van der Waals surface area contributed by atoms with E-state index in [4.69, 9.17) is 14.7 Å². The molecular weight excluding hydrogens is 292 g/mol. The third-order valence-electron chi connectivity index (χ3n) is 4.16. The average Bonchev–Trinajstić information content (AvgIpc) is 3.36. The van der Waals surface area contributed by atoms with Crippen molar-refractivity contribution in [2.45, 2.75) is 44.6 Å². The molecule has 5 nitrogen and oxygen atoms in total. The minimum atomic E-state index is -0.844. The Hall–Kier alpha value is -2.22. The molecule has 0 saturated heterocycles. The number of benzene rings is 1. The van der Waals surface area contributed by atoms with Crippen LogP contribution >= 0.6 is 0 Å². The summed E-state index contributed by atoms with van der Waals surface area (Å²) in [5, 5.41) is 11.8. The molecule has 5 heteroatoms. The predicted octanol–water partition coefficient (Wildman–Crippen LogP) is 3.01. The Balaban J connectivity index is 2.16. The zero-order valence-corrected chi connectivity index (χ0v) is 14.2. The number of hydrogen-bond acceptors (Lipinski definition) is 4. The number of ether oxygens (including phenoxy) is 2. The van der Waals surface area contributed by atoms with E-state index in [-0.39, 0.29) is 11.8 Å². The van der Waals surface area contributed by atoms with Crippen LogP contribution in [0.2, 0.25) is 0 Å². The highest BCUT2D eigenvalue weighted by Crippen LogP contribution is 2.46. The summed E-state index contributed by atoms with van der Waals surface area (Å²) < 4.78 is 10.6. The van der Waals surface area contributed by atoms with Crippen LogP contribution in [-0.2, 0) is 4.79 Å². The SMILES string of the molecule is COc1ccc(C(CC(=O)NC(C)(C)C#N)C2CC2)cc1OC. The fourth-order valence-corrected chi connectivity index (χ4v) is 2.77. The molecule has 1 amide bonds. The first-order valence-corrected chi connectivity index (χ1v) is 7.84. The highest BCUT2D eigenvalue weighted by molar-refractivity contribution is 5.78. The molecule has 1 saturated carbocycles. The molecule has 1 atom stereocenters. The normalized spacial score (nSPS) is 15.4. The van der Waals surface area contributed by atoms with Gasteiger partial charge in [0.2, 0.25) is 5.91 Å². The Kier molecular flexibility index (Phi) is 5.15. The highest BCUT2D eigenvalue weighted by atomic mass is 16.5. The summed E-state index contributed by atoms with van der Waals surface area (Å²) in [7, 11) is 3.21. The Bertz CT molecular complexity index is 615. The van der Waals surface area contributed by atoms with Crippen molar-refractivity contribution in [3.63, 3.8) is 0 Å². The van der Waals surface area contributed by atoms with Gasteiger partial charge in [-0.2, -0.15) is 5.26 Å². The van der Waals surface area contributed by atoms with Crippen LogP contribution < -0.4 is 14.8 Å². The second-order valence-electron chi connectivity index (χ2n) is 6.55. The lowest BCUT2D eigenvalue weighted by Gasteiger charge is -2.22. The van der Waals surface area contributed by atoms with E-state index in [0.29, 0.717) is 23.8 Å². The maximum Gasteiger partial charge on any atom is 0.221 e. The molecule has 1 unspecified atom stereocenters. The van der Waals surface area contributed by atoms with Crippen LogP contribution in [0, 0.1) is 17.2 Å². The lowest BCUT2D eigenvalue weighted by Crippen LogP contribution is -2.42. The molecule has 1 aliphatic rings. The quantitative estimate of drug-likeness (QED) is 0.839. The average molecular weight is 316 g/mol. The number of methoxy groups -OCH3 is 2. The fourth-order valence-electron chi connectivity index (χ4n) is 2.77. The molecule has 0 radical (unpaired) electrons. The van der Waals surface area contributed by atoms with Crippen LogP contribution in [0.5, 0.6) is 11.5 Å². The number of nitriles is 1. The van der Waals surface area contributed by atoms with E-state index in [1.54, 1.807) is 28.1 Å². The topological polar surface area (TPSA) is 71.3 Å². The van der Waals surface area contributed by atoms with Gasteiger partial charge in [-0.25, -0.2) is 0 Å². The Morgan fingerprint density at radius 3 is 2.52 bits per heavy atom. The van der Waals surface area contributed by atoms with Crippen molar-refractivity contribution in [2.24, 2.45) is 5.92 Å². The van der Waals surface area contributed by atoms with Crippen molar-refractivity contribution in [3.8, 4) is 17.6 Å². The van der Waals surface area contributed by atoms with E-state index in [1.807, 2.05) is 18.2 Å². The standard InChI is InChI=1S/C18H24N2O3/c1-18(2,11-19)20-17(21)10-14(12-5-6-12)13-7-8-15(22-3)16(9-13)23-4/h7-9,12,14H,5-6,10H2,1-4H3,(H,20,21). The summed E-state index contributed by atoms with van der Waals surface area (Å²) >= 11 is 0. The Morgan fingerprint density at radius 1 is 1.35 bits per heavy atom. The minimum absolute atomic E-state index is 0.0942. The van der Waals surface area contributed by atoms with Gasteiger partial charge >= 0.3 is 0 Å². The van der Waals surface area contributed by atoms with Crippen LogP contribution in [0.1, 0.15) is 44.6 Å². The molecule has 124 valence electrons. The van der Waals surface area contributed by atoms with E-state index in [9.17, 15) is 4.79 Å². The van der Waals surface area contributed by atoms with E-state index in [1.165, 1.54) is 0 Å². The second-order valence-corrected chi connectivity index (χ2v) is 6.55. The van der Waals surface area contributed by atoms with Crippen LogP contribution in [0.25, 0.3) is 0 Å². The third kappa shape index (κ3) is 4.38. The largest absolute Gasteiger partial charge is 0.493 e. The molecule has 0 spiro atoms. The number of rotatable bonds is 7. The van der Waals surface area contributed by atoms with Crippen molar-refractivity contribution in [1.82, 2.24) is 5.32 Å². The van der Waals surface area contributed by atoms with Crippen molar-refractivity contribution in [2.75, 3.05) is 14.2 Å². The Labute approximate surface area is 137 Å². The lowest BCUT2D eigenvalue weighted by atomic mass is 9.90. The molecule has 0 aliphatic heterocycles. The summed E-state index contributed by atoms with van der Waals surface area (Å²) in [6, 6.07) is 7.91. The van der Waals surface area contributed by atoms with Gasteiger partial charge in [0, 0.05) is 6.42 Å². The zero-order valence-electron chi connectivity index (χ0n) is 14.2. The van der Waals surface area contributed by atoms with Gasteiger partial charge in [-0.15, -0.1) is 0 Å². The van der Waals surface area contributed by atoms with E-state index in [2.05, 4.69) is 11.4 Å². The molecule has 0 bridgehead atoms. The summed E-state index contributed by atoms with van der Waals surface area (Å²) in [6.07, 6.45) is 2.65. The van der Waals surface area contributed by atoms with Gasteiger partial charge in [-0.3, -0.25) is 4.79 Å². The van der Waals surface area contributed by atoms with E-state index < -0.39 is 5.54 Å². The highest BCUT2D eigenvalue weighted by Gasteiger charge is 2.35. The van der Waals surface area contributed by atoms with Crippen molar-refractivity contribution in [1.29, 1.82) is 5.26 Å². The molecular formula is C18H24N2O3. The number of amides is 1. The molecule has 1 aromatic carbocycles. The first-order valence-electron chi connectivity index (χ1n) is 7.84. The summed E-state index contributed by atoms with van der Waals surface area (Å²) in [5.41, 5.74) is 0.234. The maximum absolute atomic E-state index is 12.3. The fraction of sp³-hybridized carbons (Fsp3) is 0.556. The van der Waals surface area contributed by atoms with Gasteiger partial charge in [-0.05, 0) is 56.2 Å². The molecule has 1 N–H and O–H groups in total. The van der Waals surface area contributed by atoms with Crippen molar-refractivity contribution >= 4 is 5.91 Å². The second kappa shape index (κ2) is 6.91. The van der Waals surface area contributed by atoms with Crippen molar-refractivity contribution in [3.05, 3.63) is 23.8 Å². The molecule has 1 fully saturated rings. The molecule has 2 rings (SSSR count). The Morgan fingerprint density at radius 2 is 2.00 bits per heavy atom. The predicted molar refractivity (Wildman–Crippen MR) is 87.5 cm³/mol. The molecule has 0 aromatic heterocycles. The third-order valence-corrected chi connectivity index (χ3v) is 4.16. The first-order chi connectivity index (χ1) is 10.9. The number of nitrogens with zero attached hydrogens (tertiary/aromatic N) is 1. The molecule has 1 aromatic rings. The zero-order chi connectivity index (χ0) is 17.0. The minimum Gasteiger partial charge on any atom is -0.493 e. The number of nitrogens with one attached hydrogen (secondary N) is 1. The number of carbonyl (C=O) groups excluding carboxylic acids is 1. The number of hydrogen-bond donors (Lipinski definition) is 1. The summed E-state index contributed by atoms with van der Waals surface area (Å²) in [6.45, 7) is 3.40. The number of carbonyl (C=O) groups is 1. The van der Waals surface area contributed by atoms with Gasteiger partial charge in [0.25, 0.3) is 0 Å². The monoisotopic (exact) mass is 316 g/mol. The van der Waals surface area contributed by atoms with Gasteiger partial charge in [0.05, 0.1) is 20.3 Å². The van der Waals surface area contributed by atoms with Gasteiger partial charge in [-0.1, -0.05) is 6.07 Å². The molecule has 1 aliphatic carbocycles. The van der Waals surface area contributed by atoms with Gasteiger partial charge < -0.3 is 14.8 Å². The van der Waals surface area contributed by atoms with Crippen LogP contribution in [-0.4, -0.2) is 25.7 Å². The summed E-state index contributed by atoms with van der Waals surface area (Å²) in [5.74, 6) is 1.92. The van der Waals surface area contributed by atoms with Crippen LogP contribution in [0.4, 0.5) is 0 Å². The van der Waals surface area contributed by atoms with Gasteiger partial charge in [0.1, 0.15) is 5.54 Å². The van der Waals surface area contributed by atoms with Crippen LogP contribution in [0.3, 0.4) is 0 Å². The summed E-state index contributed by atoms with van der Waals surface area (Å²) in [4.78, 5) is 12.3. The molecule has 0 heterocycles.